The number of carbonyl (C=O) groups excluding carboxylic acids is 1. The molecule has 0 aliphatic carbocycles. The van der Waals surface area contributed by atoms with Crippen LogP contribution in [0.4, 0.5) is 0 Å². The maximum Gasteiger partial charge on any atom is 0.230 e. The Morgan fingerprint density at radius 2 is 2.31 bits per heavy atom. The van der Waals surface area contributed by atoms with E-state index in [9.17, 15) is 13.2 Å². The second kappa shape index (κ2) is 2.57. The Morgan fingerprint density at radius 3 is 2.92 bits per heavy atom. The Hall–Kier alpha value is -0.840. The monoisotopic (exact) mass is 201 g/mol. The third-order valence-electron chi connectivity index (χ3n) is 2.66. The summed E-state index contributed by atoms with van der Waals surface area (Å²) in [5.41, 5.74) is 0. The zero-order chi connectivity index (χ0) is 9.64. The summed E-state index contributed by atoms with van der Waals surface area (Å²) in [4.78, 5) is 12.8. The van der Waals surface area contributed by atoms with Gasteiger partial charge in [-0.25, -0.2) is 8.42 Å². The first-order chi connectivity index (χ1) is 6.08. The molecule has 13 heavy (non-hydrogen) atoms. The summed E-state index contributed by atoms with van der Waals surface area (Å²) in [5, 5.41) is -0.544. The molecule has 5 heteroatoms. The fourth-order valence-electron chi connectivity index (χ4n) is 2.02. The second-order valence-electron chi connectivity index (χ2n) is 3.42. The molecule has 1 unspecified atom stereocenters. The zero-order valence-corrected chi connectivity index (χ0v) is 7.96. The molecule has 0 radical (unpaired) electrons. The lowest BCUT2D eigenvalue weighted by Crippen LogP contribution is -2.59. The molecule has 0 aromatic heterocycles. The maximum atomic E-state index is 11.4. The Bertz CT molecular complexity index is 360. The first kappa shape index (κ1) is 8.74. The number of amides is 1. The molecule has 2 aliphatic heterocycles. The van der Waals surface area contributed by atoms with Crippen LogP contribution in [-0.2, 0) is 14.6 Å². The lowest BCUT2D eigenvalue weighted by Gasteiger charge is -2.40. The van der Waals surface area contributed by atoms with E-state index < -0.39 is 15.2 Å². The van der Waals surface area contributed by atoms with E-state index in [4.69, 9.17) is 0 Å². The fraction of sp³-hybridized carbons (Fsp3) is 0.625. The molecule has 0 bridgehead atoms. The topological polar surface area (TPSA) is 54.5 Å². The van der Waals surface area contributed by atoms with E-state index in [1.807, 2.05) is 0 Å². The molecule has 2 rings (SSSR count). The van der Waals surface area contributed by atoms with Crippen LogP contribution >= 0.6 is 0 Å². The average molecular weight is 201 g/mol. The molecular formula is C8H11NO3S. The molecular weight excluding hydrogens is 190 g/mol. The molecule has 0 aromatic carbocycles. The highest BCUT2D eigenvalue weighted by Gasteiger charge is 2.57. The molecule has 2 fully saturated rings. The van der Waals surface area contributed by atoms with Gasteiger partial charge in [0.2, 0.25) is 5.91 Å². The summed E-state index contributed by atoms with van der Waals surface area (Å²) < 4.78 is 22.9. The first-order valence-corrected chi connectivity index (χ1v) is 5.92. The van der Waals surface area contributed by atoms with Gasteiger partial charge in [-0.3, -0.25) is 4.79 Å². The van der Waals surface area contributed by atoms with Crippen LogP contribution in [0.3, 0.4) is 0 Å². The van der Waals surface area contributed by atoms with E-state index in [0.29, 0.717) is 13.0 Å². The highest BCUT2D eigenvalue weighted by atomic mass is 32.2. The van der Waals surface area contributed by atoms with Crippen molar-refractivity contribution in [2.24, 2.45) is 5.92 Å². The summed E-state index contributed by atoms with van der Waals surface area (Å²) in [7, 11) is -3.03. The third kappa shape index (κ3) is 1.03. The van der Waals surface area contributed by atoms with E-state index in [0.717, 1.165) is 0 Å². The molecule has 1 amide bonds. The lowest BCUT2D eigenvalue weighted by atomic mass is 9.95. The maximum absolute atomic E-state index is 11.4. The molecule has 2 heterocycles. The Kier molecular flexibility index (Phi) is 1.73. The lowest BCUT2D eigenvalue weighted by molar-refractivity contribution is -0.148. The largest absolute Gasteiger partial charge is 0.323 e. The van der Waals surface area contributed by atoms with Crippen molar-refractivity contribution in [2.45, 2.75) is 11.8 Å². The van der Waals surface area contributed by atoms with Crippen LogP contribution in [-0.4, -0.2) is 36.9 Å². The molecule has 2 aliphatic rings. The number of fused-ring (bicyclic) bond motifs is 1. The SMILES string of the molecule is C=CCC1C(=O)N2CCS(=O)(=O)[C@@H]12. The van der Waals surface area contributed by atoms with Crippen molar-refractivity contribution >= 4 is 15.7 Å². The average Bonchev–Trinajstić information content (AvgIpc) is 2.34. The highest BCUT2D eigenvalue weighted by molar-refractivity contribution is 7.92. The molecule has 72 valence electrons. The van der Waals surface area contributed by atoms with Crippen LogP contribution in [0.2, 0.25) is 0 Å². The van der Waals surface area contributed by atoms with Crippen molar-refractivity contribution < 1.29 is 13.2 Å². The van der Waals surface area contributed by atoms with Gasteiger partial charge in [0, 0.05) is 6.54 Å². The molecule has 2 atom stereocenters. The summed E-state index contributed by atoms with van der Waals surface area (Å²) in [6, 6.07) is 0. The van der Waals surface area contributed by atoms with E-state index in [-0.39, 0.29) is 17.6 Å². The predicted octanol–water partition coefficient (Wildman–Crippen LogP) is -0.225. The Balaban J connectivity index is 2.26. The van der Waals surface area contributed by atoms with Crippen LogP contribution in [0, 0.1) is 5.92 Å². The van der Waals surface area contributed by atoms with E-state index in [1.165, 1.54) is 4.90 Å². The third-order valence-corrected chi connectivity index (χ3v) is 4.73. The predicted molar refractivity (Wildman–Crippen MR) is 47.6 cm³/mol. The summed E-state index contributed by atoms with van der Waals surface area (Å²) >= 11 is 0. The Labute approximate surface area is 77.1 Å². The van der Waals surface area contributed by atoms with E-state index in [2.05, 4.69) is 6.58 Å². The van der Waals surface area contributed by atoms with Crippen LogP contribution < -0.4 is 0 Å². The molecule has 0 aromatic rings. The number of hydrogen-bond donors (Lipinski definition) is 0. The van der Waals surface area contributed by atoms with Gasteiger partial charge in [-0.2, -0.15) is 0 Å². The normalized spacial score (nSPS) is 35.4. The minimum Gasteiger partial charge on any atom is -0.323 e. The van der Waals surface area contributed by atoms with Gasteiger partial charge >= 0.3 is 0 Å². The van der Waals surface area contributed by atoms with Gasteiger partial charge < -0.3 is 4.90 Å². The van der Waals surface area contributed by atoms with Gasteiger partial charge in [-0.15, -0.1) is 6.58 Å². The van der Waals surface area contributed by atoms with Gasteiger partial charge in [0.05, 0.1) is 11.7 Å². The number of carbonyl (C=O) groups is 1. The van der Waals surface area contributed by atoms with Gasteiger partial charge in [-0.1, -0.05) is 6.08 Å². The second-order valence-corrected chi connectivity index (χ2v) is 5.64. The highest BCUT2D eigenvalue weighted by Crippen LogP contribution is 2.37. The summed E-state index contributed by atoms with van der Waals surface area (Å²) in [6.07, 6.45) is 2.08. The molecule has 4 nitrogen and oxygen atoms in total. The minimum absolute atomic E-state index is 0.0361. The van der Waals surface area contributed by atoms with Crippen LogP contribution in [0.25, 0.3) is 0 Å². The van der Waals surface area contributed by atoms with Crippen molar-refractivity contribution in [1.82, 2.24) is 4.90 Å². The van der Waals surface area contributed by atoms with E-state index >= 15 is 0 Å². The molecule has 0 saturated carbocycles. The van der Waals surface area contributed by atoms with Crippen molar-refractivity contribution in [1.29, 1.82) is 0 Å². The minimum atomic E-state index is -3.03. The molecule has 0 spiro atoms. The van der Waals surface area contributed by atoms with Crippen molar-refractivity contribution in [3.05, 3.63) is 12.7 Å². The number of sulfone groups is 1. The first-order valence-electron chi connectivity index (χ1n) is 4.21. The molecule has 2 saturated heterocycles. The number of hydrogen-bond acceptors (Lipinski definition) is 3. The number of nitrogens with zero attached hydrogens (tertiary/aromatic N) is 1. The summed E-state index contributed by atoms with van der Waals surface area (Å²) in [6.45, 7) is 3.89. The van der Waals surface area contributed by atoms with Gasteiger partial charge in [0.15, 0.2) is 9.84 Å². The summed E-state index contributed by atoms with van der Waals surface area (Å²) in [5.74, 6) is -0.271. The van der Waals surface area contributed by atoms with Crippen LogP contribution in [0.1, 0.15) is 6.42 Å². The fourth-order valence-corrected chi connectivity index (χ4v) is 4.04. The van der Waals surface area contributed by atoms with Gasteiger partial charge in [-0.05, 0) is 6.42 Å². The number of allylic oxidation sites excluding steroid dienone is 1. The smallest absolute Gasteiger partial charge is 0.230 e. The molecule has 0 N–H and O–H groups in total. The van der Waals surface area contributed by atoms with Crippen molar-refractivity contribution in [3.8, 4) is 0 Å². The van der Waals surface area contributed by atoms with Crippen LogP contribution in [0.5, 0.6) is 0 Å². The van der Waals surface area contributed by atoms with Crippen molar-refractivity contribution in [3.63, 3.8) is 0 Å². The van der Waals surface area contributed by atoms with Gasteiger partial charge in [0.1, 0.15) is 5.37 Å². The van der Waals surface area contributed by atoms with E-state index in [1.54, 1.807) is 6.08 Å². The quantitative estimate of drug-likeness (QED) is 0.458. The number of β-lactam (4-membered cyclic amide) rings is 1. The standard InChI is InChI=1S/C8H11NO3S/c1-2-3-6-7(10)9-4-5-13(11,12)8(6)9/h2,6,8H,1,3-5H2/t6?,8-/m0/s1. The van der Waals surface area contributed by atoms with Crippen LogP contribution in [0.15, 0.2) is 12.7 Å². The Morgan fingerprint density at radius 1 is 1.62 bits per heavy atom. The van der Waals surface area contributed by atoms with Gasteiger partial charge in [0.25, 0.3) is 0 Å². The zero-order valence-electron chi connectivity index (χ0n) is 7.14. The van der Waals surface area contributed by atoms with Crippen molar-refractivity contribution in [2.75, 3.05) is 12.3 Å². The number of rotatable bonds is 2.